The first kappa shape index (κ1) is 13.8. The maximum atomic E-state index is 13.1. The van der Waals surface area contributed by atoms with Crippen LogP contribution in [0, 0.1) is 5.82 Å². The Balaban J connectivity index is 2.24. The van der Waals surface area contributed by atoms with E-state index in [0.29, 0.717) is 18.7 Å². The van der Waals surface area contributed by atoms with E-state index in [1.165, 1.54) is 19.2 Å². The van der Waals surface area contributed by atoms with Gasteiger partial charge >= 0.3 is 5.97 Å². The summed E-state index contributed by atoms with van der Waals surface area (Å²) in [5, 5.41) is 9.36. The third-order valence-electron chi connectivity index (χ3n) is 3.86. The number of likely N-dealkylation sites (tertiary alicyclic amines) is 1. The van der Waals surface area contributed by atoms with E-state index in [1.54, 1.807) is 13.0 Å². The number of ether oxygens (including phenoxy) is 1. The van der Waals surface area contributed by atoms with Crippen LogP contribution in [0.3, 0.4) is 0 Å². The maximum Gasteiger partial charge on any atom is 0.323 e. The minimum absolute atomic E-state index is 0.358. The number of carboxylic acid groups (broad SMARTS) is 1. The molecule has 2 rings (SSSR count). The number of carbonyl (C=O) groups is 1. The zero-order chi connectivity index (χ0) is 14.0. The Morgan fingerprint density at radius 2 is 2.32 bits per heavy atom. The second-order valence-corrected chi connectivity index (χ2v) is 5.06. The van der Waals surface area contributed by atoms with Crippen LogP contribution in [0.15, 0.2) is 18.2 Å². The second-order valence-electron chi connectivity index (χ2n) is 5.06. The van der Waals surface area contributed by atoms with Gasteiger partial charge in [-0.25, -0.2) is 4.39 Å². The van der Waals surface area contributed by atoms with E-state index >= 15 is 0 Å². The average molecular weight is 267 g/mol. The molecule has 0 aromatic heterocycles. The molecule has 0 bridgehead atoms. The van der Waals surface area contributed by atoms with E-state index in [9.17, 15) is 14.3 Å². The average Bonchev–Trinajstić information content (AvgIpc) is 2.74. The molecule has 1 aromatic carbocycles. The van der Waals surface area contributed by atoms with Gasteiger partial charge in [-0.2, -0.15) is 0 Å². The normalized spacial score (nSPS) is 23.5. The van der Waals surface area contributed by atoms with Gasteiger partial charge in [0, 0.05) is 18.2 Å². The predicted molar refractivity (Wildman–Crippen MR) is 68.6 cm³/mol. The van der Waals surface area contributed by atoms with Crippen LogP contribution < -0.4 is 4.74 Å². The Hall–Kier alpha value is -1.62. The number of hydrogen-bond acceptors (Lipinski definition) is 3. The van der Waals surface area contributed by atoms with Crippen molar-refractivity contribution in [3.8, 4) is 5.75 Å². The molecule has 0 radical (unpaired) electrons. The van der Waals surface area contributed by atoms with Crippen LogP contribution in [0.2, 0.25) is 0 Å². The lowest BCUT2D eigenvalue weighted by molar-refractivity contribution is -0.148. The number of rotatable bonds is 4. The third-order valence-corrected chi connectivity index (χ3v) is 3.86. The summed E-state index contributed by atoms with van der Waals surface area (Å²) < 4.78 is 18.3. The van der Waals surface area contributed by atoms with E-state index in [-0.39, 0.29) is 5.82 Å². The van der Waals surface area contributed by atoms with Crippen LogP contribution in [-0.4, -0.2) is 35.2 Å². The third kappa shape index (κ3) is 2.56. The minimum atomic E-state index is -0.848. The summed E-state index contributed by atoms with van der Waals surface area (Å²) in [4.78, 5) is 13.3. The fraction of sp³-hybridized carbons (Fsp3) is 0.500. The summed E-state index contributed by atoms with van der Waals surface area (Å²) in [6, 6.07) is 4.34. The quantitative estimate of drug-likeness (QED) is 0.909. The summed E-state index contributed by atoms with van der Waals surface area (Å²) in [7, 11) is 1.48. The Morgan fingerprint density at radius 1 is 1.58 bits per heavy atom. The molecule has 1 aliphatic heterocycles. The largest absolute Gasteiger partial charge is 0.496 e. The van der Waals surface area contributed by atoms with Crippen molar-refractivity contribution in [1.82, 2.24) is 4.90 Å². The fourth-order valence-corrected chi connectivity index (χ4v) is 2.57. The van der Waals surface area contributed by atoms with Crippen LogP contribution in [0.5, 0.6) is 5.75 Å². The van der Waals surface area contributed by atoms with Gasteiger partial charge in [-0.1, -0.05) is 6.07 Å². The Kier molecular flexibility index (Phi) is 3.75. The first-order valence-electron chi connectivity index (χ1n) is 6.28. The lowest BCUT2D eigenvalue weighted by atomic mass is 9.98. The number of methoxy groups -OCH3 is 1. The van der Waals surface area contributed by atoms with E-state index < -0.39 is 11.5 Å². The lowest BCUT2D eigenvalue weighted by Crippen LogP contribution is -2.47. The number of nitrogens with zero attached hydrogens (tertiary/aromatic N) is 1. The Bertz CT molecular complexity index is 492. The number of carboxylic acids is 1. The van der Waals surface area contributed by atoms with E-state index in [4.69, 9.17) is 4.74 Å². The summed E-state index contributed by atoms with van der Waals surface area (Å²) in [6.07, 6.45) is 1.48. The predicted octanol–water partition coefficient (Wildman–Crippen LogP) is 2.27. The second kappa shape index (κ2) is 5.17. The number of aliphatic carboxylic acids is 1. The zero-order valence-corrected chi connectivity index (χ0v) is 11.1. The van der Waals surface area contributed by atoms with Gasteiger partial charge < -0.3 is 9.84 Å². The zero-order valence-electron chi connectivity index (χ0n) is 11.1. The van der Waals surface area contributed by atoms with E-state index in [0.717, 1.165) is 18.5 Å². The SMILES string of the molecule is COc1cc(F)ccc1CN1CCC[C@@]1(C)C(=O)O. The molecule has 0 saturated carbocycles. The molecule has 0 spiro atoms. The molecular weight excluding hydrogens is 249 g/mol. The monoisotopic (exact) mass is 267 g/mol. The first-order chi connectivity index (χ1) is 8.97. The number of hydrogen-bond donors (Lipinski definition) is 1. The molecule has 1 heterocycles. The van der Waals surface area contributed by atoms with Crippen LogP contribution in [0.25, 0.3) is 0 Å². The highest BCUT2D eigenvalue weighted by atomic mass is 19.1. The first-order valence-corrected chi connectivity index (χ1v) is 6.28. The van der Waals surface area contributed by atoms with Gasteiger partial charge in [0.2, 0.25) is 0 Å². The fourth-order valence-electron chi connectivity index (χ4n) is 2.57. The van der Waals surface area contributed by atoms with Crippen molar-refractivity contribution in [2.75, 3.05) is 13.7 Å². The molecule has 1 N–H and O–H groups in total. The van der Waals surface area contributed by atoms with Gasteiger partial charge in [0.1, 0.15) is 17.1 Å². The molecule has 1 atom stereocenters. The highest BCUT2D eigenvalue weighted by molar-refractivity contribution is 5.78. The molecule has 0 unspecified atom stereocenters. The van der Waals surface area contributed by atoms with E-state index in [1.807, 2.05) is 4.90 Å². The lowest BCUT2D eigenvalue weighted by Gasteiger charge is -2.31. The van der Waals surface area contributed by atoms with Crippen molar-refractivity contribution >= 4 is 5.97 Å². The van der Waals surface area contributed by atoms with Crippen molar-refractivity contribution in [3.05, 3.63) is 29.6 Å². The molecule has 1 aromatic rings. The topological polar surface area (TPSA) is 49.8 Å². The molecule has 0 amide bonds. The Labute approximate surface area is 111 Å². The highest BCUT2D eigenvalue weighted by Crippen LogP contribution is 2.32. The van der Waals surface area contributed by atoms with Crippen molar-refractivity contribution < 1.29 is 19.0 Å². The molecule has 1 saturated heterocycles. The maximum absolute atomic E-state index is 13.1. The number of benzene rings is 1. The summed E-state index contributed by atoms with van der Waals surface area (Å²) in [6.45, 7) is 2.91. The molecular formula is C14H18FNO3. The van der Waals surface area contributed by atoms with Crippen LogP contribution in [0.1, 0.15) is 25.3 Å². The van der Waals surface area contributed by atoms with Gasteiger partial charge in [-0.05, 0) is 32.4 Å². The van der Waals surface area contributed by atoms with Crippen LogP contribution >= 0.6 is 0 Å². The van der Waals surface area contributed by atoms with Gasteiger partial charge in [0.05, 0.1) is 7.11 Å². The van der Waals surface area contributed by atoms with Crippen molar-refractivity contribution in [2.45, 2.75) is 31.8 Å². The van der Waals surface area contributed by atoms with Gasteiger partial charge in [0.25, 0.3) is 0 Å². The number of halogens is 1. The van der Waals surface area contributed by atoms with Gasteiger partial charge in [0.15, 0.2) is 0 Å². The van der Waals surface area contributed by atoms with E-state index in [2.05, 4.69) is 0 Å². The molecule has 4 nitrogen and oxygen atoms in total. The minimum Gasteiger partial charge on any atom is -0.496 e. The van der Waals surface area contributed by atoms with Crippen molar-refractivity contribution in [1.29, 1.82) is 0 Å². The molecule has 5 heteroatoms. The highest BCUT2D eigenvalue weighted by Gasteiger charge is 2.43. The smallest absolute Gasteiger partial charge is 0.323 e. The molecule has 1 aliphatic rings. The molecule has 0 aliphatic carbocycles. The van der Waals surface area contributed by atoms with Gasteiger partial charge in [-0.15, -0.1) is 0 Å². The Morgan fingerprint density at radius 3 is 2.95 bits per heavy atom. The van der Waals surface area contributed by atoms with Crippen molar-refractivity contribution in [3.63, 3.8) is 0 Å². The van der Waals surface area contributed by atoms with Crippen molar-refractivity contribution in [2.24, 2.45) is 0 Å². The van der Waals surface area contributed by atoms with Crippen LogP contribution in [0.4, 0.5) is 4.39 Å². The standard InChI is InChI=1S/C14H18FNO3/c1-14(13(17)18)6-3-7-16(14)9-10-4-5-11(15)8-12(10)19-2/h4-5,8H,3,6-7,9H2,1-2H3,(H,17,18)/t14-/m0/s1. The summed E-state index contributed by atoms with van der Waals surface area (Å²) in [5.41, 5.74) is -0.0439. The molecule has 1 fully saturated rings. The summed E-state index contributed by atoms with van der Waals surface area (Å²) in [5.74, 6) is -0.714. The molecule has 19 heavy (non-hydrogen) atoms. The van der Waals surface area contributed by atoms with Crippen LogP contribution in [-0.2, 0) is 11.3 Å². The van der Waals surface area contributed by atoms with Gasteiger partial charge in [-0.3, -0.25) is 9.69 Å². The molecule has 104 valence electrons. The summed E-state index contributed by atoms with van der Waals surface area (Å²) >= 11 is 0.